The van der Waals surface area contributed by atoms with Crippen molar-refractivity contribution in [3.63, 3.8) is 0 Å². The molecule has 1 aliphatic rings. The summed E-state index contributed by atoms with van der Waals surface area (Å²) in [5.41, 5.74) is 0. The molecule has 54 valence electrons. The third-order valence-corrected chi connectivity index (χ3v) is 1.86. The van der Waals surface area contributed by atoms with Gasteiger partial charge in [0.2, 0.25) is 0 Å². The molecule has 0 atom stereocenters. The Morgan fingerprint density at radius 3 is 2.67 bits per heavy atom. The Kier molecular flexibility index (Phi) is 3.55. The van der Waals surface area contributed by atoms with Crippen LogP contribution in [0.5, 0.6) is 0 Å². The maximum absolute atomic E-state index is 5.19. The van der Waals surface area contributed by atoms with E-state index in [4.69, 9.17) is 4.74 Å². The van der Waals surface area contributed by atoms with Gasteiger partial charge >= 0.3 is 1.43 Å². The van der Waals surface area contributed by atoms with E-state index in [0.717, 1.165) is 38.2 Å². The quantitative estimate of drug-likeness (QED) is 0.605. The minimum atomic E-state index is 0. The molecule has 1 heterocycles. The number of morpholine rings is 1. The highest BCUT2D eigenvalue weighted by Gasteiger charge is 2.07. The third-order valence-electron chi connectivity index (χ3n) is 1.50. The molecule has 0 aromatic rings. The van der Waals surface area contributed by atoms with E-state index in [9.17, 15) is 0 Å². The SMILES string of the molecule is BrCCN1CCOCC1.[H+]. The van der Waals surface area contributed by atoms with Crippen molar-refractivity contribution in [1.82, 2.24) is 4.90 Å². The van der Waals surface area contributed by atoms with Gasteiger partial charge in [-0.15, -0.1) is 0 Å². The molecular formula is C6H13BrNO+. The molecule has 0 N–H and O–H groups in total. The first-order valence-electron chi connectivity index (χ1n) is 3.29. The standard InChI is InChI=1S/C6H12BrNO/c7-1-2-8-3-5-9-6-4-8/h1-6H2/p+1. The van der Waals surface area contributed by atoms with E-state index in [-0.39, 0.29) is 1.43 Å². The number of hydrogen-bond acceptors (Lipinski definition) is 2. The van der Waals surface area contributed by atoms with Crippen molar-refractivity contribution in [3.8, 4) is 0 Å². The van der Waals surface area contributed by atoms with Crippen LogP contribution in [0.25, 0.3) is 0 Å². The van der Waals surface area contributed by atoms with Crippen LogP contribution in [0.15, 0.2) is 0 Å². The smallest absolute Gasteiger partial charge is 0.379 e. The number of ether oxygens (including phenoxy) is 1. The van der Waals surface area contributed by atoms with Crippen LogP contribution in [-0.4, -0.2) is 43.1 Å². The van der Waals surface area contributed by atoms with Crippen molar-refractivity contribution >= 4 is 15.9 Å². The first kappa shape index (κ1) is 7.51. The molecule has 1 rings (SSSR count). The summed E-state index contributed by atoms with van der Waals surface area (Å²) in [7, 11) is 0. The second kappa shape index (κ2) is 4.25. The average molecular weight is 195 g/mol. The van der Waals surface area contributed by atoms with Crippen LogP contribution in [0.2, 0.25) is 0 Å². The van der Waals surface area contributed by atoms with Gasteiger partial charge in [-0.2, -0.15) is 0 Å². The van der Waals surface area contributed by atoms with Crippen molar-refractivity contribution in [2.24, 2.45) is 0 Å². The highest BCUT2D eigenvalue weighted by molar-refractivity contribution is 9.09. The minimum absolute atomic E-state index is 0. The lowest BCUT2D eigenvalue weighted by atomic mass is 10.4. The van der Waals surface area contributed by atoms with E-state index in [1.165, 1.54) is 0 Å². The van der Waals surface area contributed by atoms with Gasteiger partial charge in [0.1, 0.15) is 0 Å². The Labute approximate surface area is 65.8 Å². The number of hydrogen-bond donors (Lipinski definition) is 0. The molecule has 0 aromatic heterocycles. The maximum Gasteiger partial charge on any atom is 1.00 e. The fourth-order valence-corrected chi connectivity index (χ4v) is 1.45. The van der Waals surface area contributed by atoms with E-state index < -0.39 is 0 Å². The molecule has 1 fully saturated rings. The lowest BCUT2D eigenvalue weighted by molar-refractivity contribution is 0.0411. The Hall–Kier alpha value is 0.400. The molecule has 9 heavy (non-hydrogen) atoms. The van der Waals surface area contributed by atoms with E-state index in [0.29, 0.717) is 0 Å². The summed E-state index contributed by atoms with van der Waals surface area (Å²) in [6.07, 6.45) is 0. The summed E-state index contributed by atoms with van der Waals surface area (Å²) < 4.78 is 5.19. The van der Waals surface area contributed by atoms with E-state index in [1.54, 1.807) is 0 Å². The fraction of sp³-hybridized carbons (Fsp3) is 1.00. The van der Waals surface area contributed by atoms with Crippen LogP contribution < -0.4 is 0 Å². The van der Waals surface area contributed by atoms with E-state index in [2.05, 4.69) is 20.8 Å². The monoisotopic (exact) mass is 194 g/mol. The van der Waals surface area contributed by atoms with Gasteiger partial charge < -0.3 is 4.74 Å². The molecule has 3 heteroatoms. The second-order valence-corrected chi connectivity index (χ2v) is 2.94. The van der Waals surface area contributed by atoms with Crippen LogP contribution in [0.3, 0.4) is 0 Å². The predicted octanol–water partition coefficient (Wildman–Crippen LogP) is 0.826. The molecule has 0 saturated carbocycles. The van der Waals surface area contributed by atoms with Crippen LogP contribution in [-0.2, 0) is 4.74 Å². The van der Waals surface area contributed by atoms with Crippen molar-refractivity contribution in [3.05, 3.63) is 0 Å². The second-order valence-electron chi connectivity index (χ2n) is 2.14. The number of rotatable bonds is 2. The molecule has 1 aliphatic heterocycles. The molecule has 0 spiro atoms. The van der Waals surface area contributed by atoms with Crippen LogP contribution in [0, 0.1) is 0 Å². The summed E-state index contributed by atoms with van der Waals surface area (Å²) in [4.78, 5) is 2.40. The van der Waals surface area contributed by atoms with Gasteiger partial charge in [-0.1, -0.05) is 15.9 Å². The fourth-order valence-electron chi connectivity index (χ4n) is 0.944. The zero-order valence-corrected chi connectivity index (χ0v) is 7.06. The molecule has 0 radical (unpaired) electrons. The van der Waals surface area contributed by atoms with Crippen molar-refractivity contribution < 1.29 is 6.16 Å². The largest absolute Gasteiger partial charge is 1.00 e. The van der Waals surface area contributed by atoms with Crippen LogP contribution >= 0.6 is 15.9 Å². The Morgan fingerprint density at radius 1 is 1.44 bits per heavy atom. The molecule has 0 amide bonds. The number of nitrogens with zero attached hydrogens (tertiary/aromatic N) is 1. The van der Waals surface area contributed by atoms with Crippen LogP contribution in [0.4, 0.5) is 0 Å². The van der Waals surface area contributed by atoms with Gasteiger partial charge in [0.25, 0.3) is 0 Å². The minimum Gasteiger partial charge on any atom is -0.379 e. The van der Waals surface area contributed by atoms with Gasteiger partial charge in [0.15, 0.2) is 0 Å². The van der Waals surface area contributed by atoms with Crippen molar-refractivity contribution in [2.45, 2.75) is 0 Å². The molecule has 1 saturated heterocycles. The van der Waals surface area contributed by atoms with Gasteiger partial charge in [0, 0.05) is 25.0 Å². The number of alkyl halides is 1. The number of halogens is 1. The van der Waals surface area contributed by atoms with Crippen LogP contribution in [0.1, 0.15) is 1.43 Å². The first-order valence-corrected chi connectivity index (χ1v) is 4.41. The summed E-state index contributed by atoms with van der Waals surface area (Å²) in [5.74, 6) is 0. The van der Waals surface area contributed by atoms with Gasteiger partial charge in [-0.25, -0.2) is 0 Å². The van der Waals surface area contributed by atoms with Gasteiger partial charge in [0.05, 0.1) is 13.2 Å². The molecular weight excluding hydrogens is 182 g/mol. The molecule has 0 unspecified atom stereocenters. The highest BCUT2D eigenvalue weighted by atomic mass is 79.9. The van der Waals surface area contributed by atoms with E-state index in [1.807, 2.05) is 0 Å². The summed E-state index contributed by atoms with van der Waals surface area (Å²) in [5, 5.41) is 1.08. The third kappa shape index (κ3) is 2.65. The summed E-state index contributed by atoms with van der Waals surface area (Å²) in [6, 6.07) is 0. The molecule has 0 aromatic carbocycles. The highest BCUT2D eigenvalue weighted by Crippen LogP contribution is 1.96. The van der Waals surface area contributed by atoms with Gasteiger partial charge in [-0.3, -0.25) is 4.90 Å². The van der Waals surface area contributed by atoms with Crippen molar-refractivity contribution in [2.75, 3.05) is 38.2 Å². The Morgan fingerprint density at radius 2 is 2.11 bits per heavy atom. The van der Waals surface area contributed by atoms with E-state index >= 15 is 0 Å². The zero-order valence-electron chi connectivity index (χ0n) is 6.48. The molecule has 0 bridgehead atoms. The summed E-state index contributed by atoms with van der Waals surface area (Å²) >= 11 is 3.40. The summed E-state index contributed by atoms with van der Waals surface area (Å²) in [6.45, 7) is 5.18. The lowest BCUT2D eigenvalue weighted by Crippen LogP contribution is -2.37. The average Bonchev–Trinajstić information content (AvgIpc) is 1.91. The topological polar surface area (TPSA) is 12.5 Å². The van der Waals surface area contributed by atoms with Crippen molar-refractivity contribution in [1.29, 1.82) is 0 Å². The normalized spacial score (nSPS) is 22.3. The lowest BCUT2D eigenvalue weighted by Gasteiger charge is -2.25. The maximum atomic E-state index is 5.19. The molecule has 2 nitrogen and oxygen atoms in total. The Bertz CT molecular complexity index is 75.4. The molecule has 0 aliphatic carbocycles. The zero-order chi connectivity index (χ0) is 6.53. The Balaban J connectivity index is 0.000000810. The predicted molar refractivity (Wildman–Crippen MR) is 42.2 cm³/mol. The first-order chi connectivity index (χ1) is 4.43. The van der Waals surface area contributed by atoms with Gasteiger partial charge in [-0.05, 0) is 0 Å².